The fraction of sp³-hybridized carbons (Fsp3) is 0. The van der Waals surface area contributed by atoms with E-state index in [0.29, 0.717) is 0 Å². The second-order valence-electron chi connectivity index (χ2n) is 11.8. The minimum absolute atomic E-state index is 0.895. The van der Waals surface area contributed by atoms with E-state index in [1.54, 1.807) is 0 Å². The molecule has 3 nitrogen and oxygen atoms in total. The van der Waals surface area contributed by atoms with E-state index in [0.717, 1.165) is 49.7 Å². The highest BCUT2D eigenvalue weighted by Crippen LogP contribution is 2.43. The second kappa shape index (κ2) is 9.22. The molecule has 210 valence electrons. The monoisotopic (exact) mass is 574 g/mol. The topological polar surface area (TPSA) is 23.0 Å². The summed E-state index contributed by atoms with van der Waals surface area (Å²) in [6.07, 6.45) is 0. The Morgan fingerprint density at radius 2 is 0.956 bits per heavy atom. The molecule has 0 aliphatic carbocycles. The van der Waals surface area contributed by atoms with Gasteiger partial charge in [0.1, 0.15) is 11.2 Å². The molecule has 0 aliphatic heterocycles. The van der Waals surface area contributed by atoms with Crippen LogP contribution >= 0.6 is 0 Å². The first-order chi connectivity index (χ1) is 22.3. The molecule has 0 aliphatic rings. The lowest BCUT2D eigenvalue weighted by atomic mass is 10.1. The molecule has 10 aromatic rings. The number of furan rings is 1. The number of benzene rings is 7. The van der Waals surface area contributed by atoms with Crippen LogP contribution in [-0.4, -0.2) is 9.13 Å². The van der Waals surface area contributed by atoms with Crippen molar-refractivity contribution in [2.45, 2.75) is 0 Å². The molecule has 0 fully saturated rings. The molecule has 0 N–H and O–H groups in total. The van der Waals surface area contributed by atoms with Gasteiger partial charge >= 0.3 is 0 Å². The van der Waals surface area contributed by atoms with Crippen LogP contribution in [0.1, 0.15) is 0 Å². The molecule has 0 saturated carbocycles. The highest BCUT2D eigenvalue weighted by atomic mass is 16.3. The minimum Gasteiger partial charge on any atom is -0.455 e. The van der Waals surface area contributed by atoms with Gasteiger partial charge in [0.25, 0.3) is 0 Å². The fourth-order valence-electron chi connectivity index (χ4n) is 7.31. The maximum Gasteiger partial charge on any atom is 0.145 e. The van der Waals surface area contributed by atoms with Gasteiger partial charge in [-0.25, -0.2) is 0 Å². The highest BCUT2D eigenvalue weighted by Gasteiger charge is 2.20. The Balaban J connectivity index is 1.25. The normalized spacial score (nSPS) is 12.0. The van der Waals surface area contributed by atoms with E-state index in [2.05, 4.69) is 167 Å². The Bertz CT molecular complexity index is 2730. The predicted octanol–water partition coefficient (Wildman–Crippen LogP) is 11.4. The molecule has 45 heavy (non-hydrogen) atoms. The van der Waals surface area contributed by atoms with Crippen molar-refractivity contribution >= 4 is 65.6 Å². The second-order valence-corrected chi connectivity index (χ2v) is 11.8. The Kier molecular flexibility index (Phi) is 5.00. The van der Waals surface area contributed by atoms with Crippen LogP contribution in [0.25, 0.3) is 88.1 Å². The Labute approximate surface area is 258 Å². The zero-order chi connectivity index (χ0) is 29.5. The van der Waals surface area contributed by atoms with E-state index in [-0.39, 0.29) is 0 Å². The van der Waals surface area contributed by atoms with Crippen LogP contribution in [0.2, 0.25) is 0 Å². The highest BCUT2D eigenvalue weighted by molar-refractivity contribution is 6.25. The minimum atomic E-state index is 0.895. The number of hydrogen-bond acceptors (Lipinski definition) is 1. The van der Waals surface area contributed by atoms with Gasteiger partial charge in [0.2, 0.25) is 0 Å². The Morgan fingerprint density at radius 3 is 1.73 bits per heavy atom. The van der Waals surface area contributed by atoms with Gasteiger partial charge in [-0.3, -0.25) is 0 Å². The van der Waals surface area contributed by atoms with Crippen molar-refractivity contribution in [1.82, 2.24) is 9.13 Å². The average molecular weight is 575 g/mol. The molecule has 0 radical (unpaired) electrons. The summed E-state index contributed by atoms with van der Waals surface area (Å²) in [5, 5.41) is 7.08. The molecule has 10 rings (SSSR count). The van der Waals surface area contributed by atoms with E-state index < -0.39 is 0 Å². The van der Waals surface area contributed by atoms with Gasteiger partial charge in [-0.1, -0.05) is 97.1 Å². The van der Waals surface area contributed by atoms with Crippen molar-refractivity contribution < 1.29 is 4.42 Å². The largest absolute Gasteiger partial charge is 0.455 e. The molecular formula is C42H26N2O. The smallest absolute Gasteiger partial charge is 0.145 e. The van der Waals surface area contributed by atoms with Gasteiger partial charge in [-0.2, -0.15) is 0 Å². The molecule has 0 atom stereocenters. The molecule has 0 amide bonds. The molecule has 0 bridgehead atoms. The molecule has 3 aromatic heterocycles. The molecule has 0 saturated heterocycles. The summed E-state index contributed by atoms with van der Waals surface area (Å²) >= 11 is 0. The number of fused-ring (bicyclic) bond motifs is 10. The summed E-state index contributed by atoms with van der Waals surface area (Å²) in [5.74, 6) is 0. The van der Waals surface area contributed by atoms with Gasteiger partial charge < -0.3 is 13.6 Å². The summed E-state index contributed by atoms with van der Waals surface area (Å²) in [6, 6.07) is 56.3. The summed E-state index contributed by atoms with van der Waals surface area (Å²) in [7, 11) is 0. The van der Waals surface area contributed by atoms with Crippen LogP contribution in [0, 0.1) is 0 Å². The summed E-state index contributed by atoms with van der Waals surface area (Å²) in [5.41, 5.74) is 11.2. The van der Waals surface area contributed by atoms with Crippen LogP contribution in [0.5, 0.6) is 0 Å². The van der Waals surface area contributed by atoms with Crippen LogP contribution in [-0.2, 0) is 0 Å². The number of para-hydroxylation sites is 3. The molecule has 3 heterocycles. The van der Waals surface area contributed by atoms with E-state index in [1.165, 1.54) is 38.3 Å². The third-order valence-corrected chi connectivity index (χ3v) is 9.31. The van der Waals surface area contributed by atoms with Crippen molar-refractivity contribution in [2.24, 2.45) is 0 Å². The number of aromatic nitrogens is 2. The third-order valence-electron chi connectivity index (χ3n) is 9.31. The third kappa shape index (κ3) is 3.46. The Morgan fingerprint density at radius 1 is 0.356 bits per heavy atom. The first kappa shape index (κ1) is 24.4. The van der Waals surface area contributed by atoms with E-state index in [9.17, 15) is 0 Å². The van der Waals surface area contributed by atoms with Crippen molar-refractivity contribution in [1.29, 1.82) is 0 Å². The van der Waals surface area contributed by atoms with E-state index in [1.807, 2.05) is 0 Å². The van der Waals surface area contributed by atoms with Crippen molar-refractivity contribution in [2.75, 3.05) is 0 Å². The predicted molar refractivity (Wildman–Crippen MR) is 188 cm³/mol. The number of hydrogen-bond donors (Lipinski definition) is 0. The van der Waals surface area contributed by atoms with Gasteiger partial charge in [-0.15, -0.1) is 0 Å². The van der Waals surface area contributed by atoms with Crippen molar-refractivity contribution in [3.05, 3.63) is 158 Å². The number of nitrogens with zero attached hydrogens (tertiary/aromatic N) is 2. The number of rotatable bonds is 3. The summed E-state index contributed by atoms with van der Waals surface area (Å²) in [6.45, 7) is 0. The lowest BCUT2D eigenvalue weighted by Gasteiger charge is -2.09. The molecule has 7 aromatic carbocycles. The summed E-state index contributed by atoms with van der Waals surface area (Å²) < 4.78 is 11.6. The van der Waals surface area contributed by atoms with Gasteiger partial charge in [-0.05, 0) is 65.7 Å². The first-order valence-electron chi connectivity index (χ1n) is 15.4. The zero-order valence-electron chi connectivity index (χ0n) is 24.3. The summed E-state index contributed by atoms with van der Waals surface area (Å²) in [4.78, 5) is 0. The molecule has 3 heteroatoms. The van der Waals surface area contributed by atoms with E-state index >= 15 is 0 Å². The fourth-order valence-corrected chi connectivity index (χ4v) is 7.31. The van der Waals surface area contributed by atoms with Crippen molar-refractivity contribution in [3.63, 3.8) is 0 Å². The zero-order valence-corrected chi connectivity index (χ0v) is 24.3. The van der Waals surface area contributed by atoms with E-state index in [4.69, 9.17) is 4.42 Å². The lowest BCUT2D eigenvalue weighted by Crippen LogP contribution is -1.93. The van der Waals surface area contributed by atoms with Gasteiger partial charge in [0.05, 0.1) is 27.5 Å². The van der Waals surface area contributed by atoms with Crippen LogP contribution < -0.4 is 0 Å². The van der Waals surface area contributed by atoms with Crippen LogP contribution in [0.4, 0.5) is 0 Å². The lowest BCUT2D eigenvalue weighted by molar-refractivity contribution is 0.673. The van der Waals surface area contributed by atoms with Crippen LogP contribution in [0.3, 0.4) is 0 Å². The van der Waals surface area contributed by atoms with Gasteiger partial charge in [0.15, 0.2) is 0 Å². The quantitative estimate of drug-likeness (QED) is 0.206. The molecule has 0 spiro atoms. The Hall–Kier alpha value is -6.06. The first-order valence-corrected chi connectivity index (χ1v) is 15.4. The average Bonchev–Trinajstić information content (AvgIpc) is 3.75. The van der Waals surface area contributed by atoms with Gasteiger partial charge in [0, 0.05) is 44.4 Å². The molecular weight excluding hydrogens is 548 g/mol. The van der Waals surface area contributed by atoms with Crippen molar-refractivity contribution in [3.8, 4) is 22.5 Å². The SMILES string of the molecule is c1ccc(-c2ccc(-n3c4ccccc4c4cc5c(cc43)oc3c5ccc4c3c3ccccc3n4-c3ccccc3)cc2)cc1. The van der Waals surface area contributed by atoms with Crippen LogP contribution in [0.15, 0.2) is 162 Å². The maximum absolute atomic E-state index is 6.87. The molecule has 0 unspecified atom stereocenters. The maximum atomic E-state index is 6.87. The standard InChI is InChI=1S/C42H26N2O/c1-3-11-27(12-4-1)28-19-21-30(22-20-28)44-36-17-9-7-15-31(36)34-25-35-32-23-24-38-41(42(32)45-40(35)26-39(34)44)33-16-8-10-18-37(33)43(38)29-13-5-2-6-14-29/h1-26H.